The van der Waals surface area contributed by atoms with Crippen LogP contribution in [0.2, 0.25) is 0 Å². The Morgan fingerprint density at radius 3 is 3.05 bits per heavy atom. The van der Waals surface area contributed by atoms with Crippen LogP contribution in [0.15, 0.2) is 16.4 Å². The Hall–Kier alpha value is -1.73. The summed E-state index contributed by atoms with van der Waals surface area (Å²) < 4.78 is 6.38. The standard InChI is InChI=1S/C12H15N3O3S/c1-7(5-18-3)14-10(16)9-4-13-12-15(11(9)17)8(2)6-19-12/h4,6-7H,5H2,1-3H3,(H,14,16)/t7-/m0/s1. The molecule has 0 fully saturated rings. The van der Waals surface area contributed by atoms with Crippen LogP contribution in [0.25, 0.3) is 4.96 Å². The fourth-order valence-electron chi connectivity index (χ4n) is 1.77. The Morgan fingerprint density at radius 2 is 2.37 bits per heavy atom. The van der Waals surface area contributed by atoms with Crippen LogP contribution in [0, 0.1) is 6.92 Å². The number of ether oxygens (including phenoxy) is 1. The molecule has 102 valence electrons. The van der Waals surface area contributed by atoms with E-state index in [0.717, 1.165) is 5.69 Å². The summed E-state index contributed by atoms with van der Waals surface area (Å²) >= 11 is 1.37. The molecule has 0 aliphatic rings. The first-order chi connectivity index (χ1) is 9.04. The third-order valence-corrected chi connectivity index (χ3v) is 3.61. The van der Waals surface area contributed by atoms with Gasteiger partial charge in [-0.25, -0.2) is 4.98 Å². The lowest BCUT2D eigenvalue weighted by molar-refractivity contribution is 0.0903. The van der Waals surface area contributed by atoms with E-state index >= 15 is 0 Å². The Morgan fingerprint density at radius 1 is 1.63 bits per heavy atom. The topological polar surface area (TPSA) is 72.7 Å². The van der Waals surface area contributed by atoms with Crippen LogP contribution in [0.5, 0.6) is 0 Å². The molecule has 0 bridgehead atoms. The van der Waals surface area contributed by atoms with E-state index in [2.05, 4.69) is 10.3 Å². The minimum absolute atomic E-state index is 0.0435. The third kappa shape index (κ3) is 2.66. The van der Waals surface area contributed by atoms with Gasteiger partial charge < -0.3 is 10.1 Å². The van der Waals surface area contributed by atoms with E-state index in [9.17, 15) is 9.59 Å². The summed E-state index contributed by atoms with van der Waals surface area (Å²) in [5, 5.41) is 4.53. The van der Waals surface area contributed by atoms with E-state index in [4.69, 9.17) is 4.74 Å². The molecule has 2 heterocycles. The van der Waals surface area contributed by atoms with E-state index in [1.807, 2.05) is 12.3 Å². The van der Waals surface area contributed by atoms with Gasteiger partial charge in [0.05, 0.1) is 6.61 Å². The van der Waals surface area contributed by atoms with Gasteiger partial charge in [-0.15, -0.1) is 11.3 Å². The van der Waals surface area contributed by atoms with Gasteiger partial charge in [0.2, 0.25) is 0 Å². The molecule has 2 aromatic rings. The van der Waals surface area contributed by atoms with Gasteiger partial charge in [-0.05, 0) is 13.8 Å². The Bertz CT molecular complexity index is 662. The first kappa shape index (κ1) is 13.7. The first-order valence-corrected chi connectivity index (χ1v) is 6.68. The maximum absolute atomic E-state index is 12.2. The zero-order chi connectivity index (χ0) is 14.0. The summed E-state index contributed by atoms with van der Waals surface area (Å²) in [5.74, 6) is -0.429. The number of nitrogens with one attached hydrogen (secondary N) is 1. The van der Waals surface area contributed by atoms with E-state index in [-0.39, 0.29) is 17.2 Å². The number of hydrogen-bond acceptors (Lipinski definition) is 5. The molecule has 6 nitrogen and oxygen atoms in total. The molecular weight excluding hydrogens is 266 g/mol. The number of nitrogens with zero attached hydrogens (tertiary/aromatic N) is 2. The molecule has 0 aliphatic heterocycles. The van der Waals surface area contributed by atoms with E-state index in [0.29, 0.717) is 11.6 Å². The number of aryl methyl sites for hydroxylation is 1. The highest BCUT2D eigenvalue weighted by molar-refractivity contribution is 7.15. The van der Waals surface area contributed by atoms with Gasteiger partial charge in [0, 0.05) is 30.4 Å². The Balaban J connectivity index is 2.35. The second kappa shape index (κ2) is 5.50. The summed E-state index contributed by atoms with van der Waals surface area (Å²) in [5.41, 5.74) is 0.477. The molecule has 1 N–H and O–H groups in total. The number of aromatic nitrogens is 2. The van der Waals surface area contributed by atoms with Crippen molar-refractivity contribution in [2.24, 2.45) is 0 Å². The van der Waals surface area contributed by atoms with Crippen molar-refractivity contribution >= 4 is 22.2 Å². The number of fused-ring (bicyclic) bond motifs is 1. The minimum Gasteiger partial charge on any atom is -0.383 e. The first-order valence-electron chi connectivity index (χ1n) is 5.80. The fourth-order valence-corrected chi connectivity index (χ4v) is 2.60. The molecule has 2 aromatic heterocycles. The lowest BCUT2D eigenvalue weighted by atomic mass is 10.2. The fraction of sp³-hybridized carbons (Fsp3) is 0.417. The van der Waals surface area contributed by atoms with Crippen LogP contribution in [-0.4, -0.2) is 35.1 Å². The maximum atomic E-state index is 12.2. The van der Waals surface area contributed by atoms with Crippen LogP contribution >= 0.6 is 11.3 Å². The van der Waals surface area contributed by atoms with Crippen molar-refractivity contribution in [1.29, 1.82) is 0 Å². The molecule has 0 saturated carbocycles. The minimum atomic E-state index is -0.429. The van der Waals surface area contributed by atoms with Crippen LogP contribution in [0.4, 0.5) is 0 Å². The van der Waals surface area contributed by atoms with E-state index in [1.165, 1.54) is 21.9 Å². The number of hydrogen-bond donors (Lipinski definition) is 1. The smallest absolute Gasteiger partial charge is 0.271 e. The lowest BCUT2D eigenvalue weighted by Crippen LogP contribution is -2.39. The van der Waals surface area contributed by atoms with Crippen molar-refractivity contribution in [3.8, 4) is 0 Å². The van der Waals surface area contributed by atoms with Crippen molar-refractivity contribution in [3.05, 3.63) is 33.2 Å². The molecule has 0 unspecified atom stereocenters. The summed E-state index contributed by atoms with van der Waals surface area (Å²) in [4.78, 5) is 29.0. The number of carbonyl (C=O) groups is 1. The molecule has 1 amide bonds. The van der Waals surface area contributed by atoms with Crippen molar-refractivity contribution in [2.75, 3.05) is 13.7 Å². The predicted octanol–water partition coefficient (Wildman–Crippen LogP) is 0.829. The second-order valence-electron chi connectivity index (χ2n) is 4.30. The van der Waals surface area contributed by atoms with E-state index in [1.54, 1.807) is 14.0 Å². The average molecular weight is 281 g/mol. The highest BCUT2D eigenvalue weighted by atomic mass is 32.1. The zero-order valence-corrected chi connectivity index (χ0v) is 11.8. The molecule has 0 radical (unpaired) electrons. The number of methoxy groups -OCH3 is 1. The summed E-state index contributed by atoms with van der Waals surface area (Å²) in [6, 6.07) is -0.166. The number of thiazole rings is 1. The van der Waals surface area contributed by atoms with Gasteiger partial charge in [-0.1, -0.05) is 0 Å². The van der Waals surface area contributed by atoms with Crippen LogP contribution < -0.4 is 10.9 Å². The summed E-state index contributed by atoms with van der Waals surface area (Å²) in [7, 11) is 1.56. The monoisotopic (exact) mass is 281 g/mol. The molecule has 1 atom stereocenters. The predicted molar refractivity (Wildman–Crippen MR) is 72.9 cm³/mol. The SMILES string of the molecule is COC[C@H](C)NC(=O)c1cnc2scc(C)n2c1=O. The largest absolute Gasteiger partial charge is 0.383 e. The van der Waals surface area contributed by atoms with Crippen molar-refractivity contribution < 1.29 is 9.53 Å². The maximum Gasteiger partial charge on any atom is 0.271 e. The Kier molecular flexibility index (Phi) is 3.96. The van der Waals surface area contributed by atoms with Crippen LogP contribution in [-0.2, 0) is 4.74 Å². The highest BCUT2D eigenvalue weighted by Gasteiger charge is 2.16. The summed E-state index contributed by atoms with van der Waals surface area (Å²) in [6.45, 7) is 4.00. The lowest BCUT2D eigenvalue weighted by Gasteiger charge is -2.12. The van der Waals surface area contributed by atoms with Crippen molar-refractivity contribution in [3.63, 3.8) is 0 Å². The molecule has 7 heteroatoms. The molecule has 2 rings (SSSR count). The quantitative estimate of drug-likeness (QED) is 0.901. The third-order valence-electron chi connectivity index (χ3n) is 2.66. The molecule has 0 aromatic carbocycles. The zero-order valence-electron chi connectivity index (χ0n) is 11.0. The molecule has 0 aliphatic carbocycles. The van der Waals surface area contributed by atoms with E-state index < -0.39 is 5.91 Å². The van der Waals surface area contributed by atoms with Gasteiger partial charge in [-0.2, -0.15) is 0 Å². The number of amides is 1. The number of rotatable bonds is 4. The van der Waals surface area contributed by atoms with Gasteiger partial charge >= 0.3 is 0 Å². The molecule has 0 saturated heterocycles. The van der Waals surface area contributed by atoms with Gasteiger partial charge in [0.25, 0.3) is 11.5 Å². The average Bonchev–Trinajstić information content (AvgIpc) is 2.72. The van der Waals surface area contributed by atoms with Crippen LogP contribution in [0.1, 0.15) is 23.0 Å². The molecule has 0 spiro atoms. The Labute approximate surface area is 114 Å². The van der Waals surface area contributed by atoms with Gasteiger partial charge in [-0.3, -0.25) is 14.0 Å². The van der Waals surface area contributed by atoms with Crippen molar-refractivity contribution in [1.82, 2.24) is 14.7 Å². The molecular formula is C12H15N3O3S. The summed E-state index contributed by atoms with van der Waals surface area (Å²) in [6.07, 6.45) is 1.32. The number of carbonyl (C=O) groups excluding carboxylic acids is 1. The highest BCUT2D eigenvalue weighted by Crippen LogP contribution is 2.10. The molecule has 19 heavy (non-hydrogen) atoms. The second-order valence-corrected chi connectivity index (χ2v) is 5.14. The normalized spacial score (nSPS) is 12.6. The van der Waals surface area contributed by atoms with Crippen molar-refractivity contribution in [2.45, 2.75) is 19.9 Å². The van der Waals surface area contributed by atoms with Gasteiger partial charge in [0.1, 0.15) is 5.56 Å². The van der Waals surface area contributed by atoms with Crippen LogP contribution in [0.3, 0.4) is 0 Å². The van der Waals surface area contributed by atoms with Gasteiger partial charge in [0.15, 0.2) is 4.96 Å².